The van der Waals surface area contributed by atoms with Crippen LogP contribution >= 0.6 is 24.8 Å². The van der Waals surface area contributed by atoms with Crippen molar-refractivity contribution in [2.24, 2.45) is 11.5 Å². The zero-order valence-corrected chi connectivity index (χ0v) is 17.9. The van der Waals surface area contributed by atoms with E-state index in [1.54, 1.807) is 6.07 Å². The molecule has 160 valence electrons. The van der Waals surface area contributed by atoms with Crippen molar-refractivity contribution in [3.05, 3.63) is 30.0 Å². The van der Waals surface area contributed by atoms with Gasteiger partial charge in [0.15, 0.2) is 0 Å². The number of carbonyl (C=O) groups is 1. The Morgan fingerprint density at radius 3 is 2.21 bits per heavy atom. The maximum atomic E-state index is 11.6. The monoisotopic (exact) mass is 433 g/mol. The molecule has 0 saturated carbocycles. The Balaban J connectivity index is 0.00000364. The summed E-state index contributed by atoms with van der Waals surface area (Å²) in [5, 5.41) is 10.5. The number of fused-ring (bicyclic) bond motifs is 1. The van der Waals surface area contributed by atoms with Gasteiger partial charge in [-0.3, -0.25) is 0 Å². The van der Waals surface area contributed by atoms with Crippen LogP contribution in [-0.2, 0) is 6.54 Å². The molecule has 0 fully saturated rings. The smallest absolute Gasteiger partial charge is 0.352 e. The van der Waals surface area contributed by atoms with Crippen LogP contribution in [0.3, 0.4) is 0 Å². The summed E-state index contributed by atoms with van der Waals surface area (Å²) in [5.74, 6) is -0.114. The molecule has 8 heteroatoms. The van der Waals surface area contributed by atoms with E-state index < -0.39 is 5.97 Å². The van der Waals surface area contributed by atoms with Crippen LogP contribution in [0.25, 0.3) is 10.9 Å². The number of carboxylic acids is 1. The third kappa shape index (κ3) is 7.87. The predicted octanol–water partition coefficient (Wildman–Crippen LogP) is 4.21. The van der Waals surface area contributed by atoms with E-state index in [-0.39, 0.29) is 24.8 Å². The summed E-state index contributed by atoms with van der Waals surface area (Å²) < 4.78 is 7.72. The first kappa shape index (κ1) is 26.5. The number of carboxylic acid groups (broad SMARTS) is 1. The van der Waals surface area contributed by atoms with E-state index in [4.69, 9.17) is 16.2 Å². The number of halogens is 2. The van der Waals surface area contributed by atoms with Gasteiger partial charge in [0.1, 0.15) is 11.4 Å². The van der Waals surface area contributed by atoms with E-state index in [0.717, 1.165) is 61.6 Å². The van der Waals surface area contributed by atoms with Crippen LogP contribution in [0, 0.1) is 0 Å². The van der Waals surface area contributed by atoms with Gasteiger partial charge < -0.3 is 25.9 Å². The SMILES string of the molecule is Cl.Cl.NCCCCCCn1c(C(=O)O)cc2ccc(OCCCCCN)cc21. The molecule has 5 N–H and O–H groups in total. The molecule has 0 radical (unpaired) electrons. The Morgan fingerprint density at radius 1 is 0.929 bits per heavy atom. The quantitative estimate of drug-likeness (QED) is 0.410. The van der Waals surface area contributed by atoms with E-state index in [9.17, 15) is 9.90 Å². The third-order valence-corrected chi connectivity index (χ3v) is 4.55. The van der Waals surface area contributed by atoms with Gasteiger partial charge >= 0.3 is 5.97 Å². The summed E-state index contributed by atoms with van der Waals surface area (Å²) in [5.41, 5.74) is 12.3. The molecule has 1 aromatic carbocycles. The van der Waals surface area contributed by atoms with Gasteiger partial charge in [0.05, 0.1) is 12.1 Å². The van der Waals surface area contributed by atoms with Gasteiger partial charge in [-0.25, -0.2) is 4.79 Å². The maximum Gasteiger partial charge on any atom is 0.352 e. The molecule has 2 rings (SSSR count). The number of benzene rings is 1. The highest BCUT2D eigenvalue weighted by molar-refractivity contribution is 5.95. The first-order valence-electron chi connectivity index (χ1n) is 9.57. The Bertz CT molecular complexity index is 707. The van der Waals surface area contributed by atoms with Gasteiger partial charge in [-0.15, -0.1) is 24.8 Å². The highest BCUT2D eigenvalue weighted by atomic mass is 35.5. The molecule has 6 nitrogen and oxygen atoms in total. The van der Waals surface area contributed by atoms with Crippen LogP contribution in [0.4, 0.5) is 0 Å². The fourth-order valence-corrected chi connectivity index (χ4v) is 3.12. The van der Waals surface area contributed by atoms with Crippen molar-refractivity contribution in [1.82, 2.24) is 4.57 Å². The number of unbranched alkanes of at least 4 members (excludes halogenated alkanes) is 5. The number of aryl methyl sites for hydroxylation is 1. The topological polar surface area (TPSA) is 104 Å². The molecule has 0 aliphatic rings. The minimum absolute atomic E-state index is 0. The summed E-state index contributed by atoms with van der Waals surface area (Å²) in [6, 6.07) is 7.53. The fraction of sp³-hybridized carbons (Fsp3) is 0.550. The summed E-state index contributed by atoms with van der Waals surface area (Å²) in [6.45, 7) is 2.76. The summed E-state index contributed by atoms with van der Waals surface area (Å²) in [7, 11) is 0. The van der Waals surface area contributed by atoms with Gasteiger partial charge in [-0.2, -0.15) is 0 Å². The highest BCUT2D eigenvalue weighted by Gasteiger charge is 2.15. The Hall–Kier alpha value is -1.47. The molecule has 0 aliphatic heterocycles. The number of nitrogens with two attached hydrogens (primary N) is 2. The van der Waals surface area contributed by atoms with E-state index in [2.05, 4.69) is 0 Å². The third-order valence-electron chi connectivity index (χ3n) is 4.55. The van der Waals surface area contributed by atoms with Crippen molar-refractivity contribution in [3.8, 4) is 5.75 Å². The molecular formula is C20H33Cl2N3O3. The van der Waals surface area contributed by atoms with Crippen molar-refractivity contribution < 1.29 is 14.6 Å². The van der Waals surface area contributed by atoms with Crippen LogP contribution in [0.15, 0.2) is 24.3 Å². The van der Waals surface area contributed by atoms with Crippen LogP contribution in [0.1, 0.15) is 55.4 Å². The maximum absolute atomic E-state index is 11.6. The van der Waals surface area contributed by atoms with E-state index in [1.807, 2.05) is 22.8 Å². The molecule has 0 amide bonds. The molecule has 2 aromatic rings. The molecule has 0 spiro atoms. The van der Waals surface area contributed by atoms with Gasteiger partial charge in [0.25, 0.3) is 0 Å². The van der Waals surface area contributed by atoms with Gasteiger partial charge in [0.2, 0.25) is 0 Å². The van der Waals surface area contributed by atoms with Crippen LogP contribution in [0.5, 0.6) is 5.75 Å². The van der Waals surface area contributed by atoms with Crippen LogP contribution in [0.2, 0.25) is 0 Å². The lowest BCUT2D eigenvalue weighted by molar-refractivity contribution is 0.0685. The highest BCUT2D eigenvalue weighted by Crippen LogP contribution is 2.26. The average Bonchev–Trinajstić information content (AvgIpc) is 3.00. The number of rotatable bonds is 13. The van der Waals surface area contributed by atoms with Crippen molar-refractivity contribution in [1.29, 1.82) is 0 Å². The van der Waals surface area contributed by atoms with Crippen molar-refractivity contribution >= 4 is 41.7 Å². The number of hydrogen-bond donors (Lipinski definition) is 3. The minimum atomic E-state index is -0.896. The largest absolute Gasteiger partial charge is 0.494 e. The number of nitrogens with zero attached hydrogens (tertiary/aromatic N) is 1. The number of ether oxygens (including phenoxy) is 1. The van der Waals surface area contributed by atoms with Gasteiger partial charge in [0, 0.05) is 18.0 Å². The average molecular weight is 434 g/mol. The molecule has 1 aromatic heterocycles. The Kier molecular flexibility index (Phi) is 13.8. The number of aromatic carboxylic acids is 1. The molecule has 28 heavy (non-hydrogen) atoms. The number of aromatic nitrogens is 1. The van der Waals surface area contributed by atoms with Crippen molar-refractivity contribution in [2.45, 2.75) is 51.5 Å². The van der Waals surface area contributed by atoms with Gasteiger partial charge in [-0.05, 0) is 63.4 Å². The second-order valence-corrected chi connectivity index (χ2v) is 6.61. The summed E-state index contributed by atoms with van der Waals surface area (Å²) >= 11 is 0. The molecule has 0 unspecified atom stereocenters. The molecule has 0 aliphatic carbocycles. The lowest BCUT2D eigenvalue weighted by Crippen LogP contribution is -2.09. The zero-order chi connectivity index (χ0) is 18.8. The predicted molar refractivity (Wildman–Crippen MR) is 119 cm³/mol. The Morgan fingerprint density at radius 2 is 1.57 bits per heavy atom. The molecule has 1 heterocycles. The fourth-order valence-electron chi connectivity index (χ4n) is 3.12. The normalized spacial score (nSPS) is 10.4. The lowest BCUT2D eigenvalue weighted by Gasteiger charge is -2.10. The first-order valence-corrected chi connectivity index (χ1v) is 9.57. The van der Waals surface area contributed by atoms with Crippen LogP contribution in [-0.4, -0.2) is 35.3 Å². The van der Waals surface area contributed by atoms with E-state index in [1.165, 1.54) is 0 Å². The Labute approximate surface area is 179 Å². The lowest BCUT2D eigenvalue weighted by atomic mass is 10.2. The molecule has 0 saturated heterocycles. The first-order chi connectivity index (χ1) is 12.7. The second-order valence-electron chi connectivity index (χ2n) is 6.61. The van der Waals surface area contributed by atoms with Crippen molar-refractivity contribution in [3.63, 3.8) is 0 Å². The molecule has 0 atom stereocenters. The number of hydrogen-bond acceptors (Lipinski definition) is 4. The molecular weight excluding hydrogens is 401 g/mol. The van der Waals surface area contributed by atoms with E-state index in [0.29, 0.717) is 31.9 Å². The molecule has 0 bridgehead atoms. The standard InChI is InChI=1S/C20H31N3O3.2ClH/c21-10-4-1-2-6-12-23-18-15-17(26-13-7-3-5-11-22)9-8-16(18)14-19(23)20(24)25;;/h8-9,14-15H,1-7,10-13,21-22H2,(H,24,25);2*1H. The van der Waals surface area contributed by atoms with Gasteiger partial charge in [-0.1, -0.05) is 12.8 Å². The second kappa shape index (κ2) is 14.5. The summed E-state index contributed by atoms with van der Waals surface area (Å²) in [4.78, 5) is 11.6. The zero-order valence-electron chi connectivity index (χ0n) is 16.3. The minimum Gasteiger partial charge on any atom is -0.494 e. The van der Waals surface area contributed by atoms with Crippen LogP contribution < -0.4 is 16.2 Å². The summed E-state index contributed by atoms with van der Waals surface area (Å²) in [6.07, 6.45) is 7.12. The van der Waals surface area contributed by atoms with E-state index >= 15 is 0 Å². The van der Waals surface area contributed by atoms with Crippen molar-refractivity contribution in [2.75, 3.05) is 19.7 Å².